The Morgan fingerprint density at radius 1 is 1.69 bits per heavy atom. The zero-order valence-corrected chi connectivity index (χ0v) is 8.68. The summed E-state index contributed by atoms with van der Waals surface area (Å²) in [6, 6.07) is 0. The molecule has 0 bridgehead atoms. The van der Waals surface area contributed by atoms with Gasteiger partial charge in [0, 0.05) is 19.6 Å². The first-order valence-corrected chi connectivity index (χ1v) is 4.37. The van der Waals surface area contributed by atoms with Gasteiger partial charge < -0.3 is 15.4 Å². The number of rotatable bonds is 2. The molecule has 1 amide bonds. The number of nitrogens with two attached hydrogens (primary N) is 1. The van der Waals surface area contributed by atoms with Gasteiger partial charge in [0.1, 0.15) is 6.61 Å². The number of carbonyl (C=O) groups excluding carboxylic acids is 1. The van der Waals surface area contributed by atoms with Crippen molar-refractivity contribution in [1.82, 2.24) is 4.90 Å². The first kappa shape index (κ1) is 12.7. The topological polar surface area (TPSA) is 55.6 Å². The summed E-state index contributed by atoms with van der Waals surface area (Å²) in [5.74, 6) is 0.0773. The van der Waals surface area contributed by atoms with Crippen molar-refractivity contribution >= 4 is 18.3 Å². The number of nitrogens with zero attached hydrogens (tertiary/aromatic N) is 1. The van der Waals surface area contributed by atoms with E-state index < -0.39 is 0 Å². The van der Waals surface area contributed by atoms with Gasteiger partial charge in [-0.15, -0.1) is 12.4 Å². The zero-order chi connectivity index (χ0) is 8.97. The van der Waals surface area contributed by atoms with Gasteiger partial charge in [-0.1, -0.05) is 0 Å². The molecule has 5 heteroatoms. The highest BCUT2D eigenvalue weighted by Crippen LogP contribution is 2.06. The van der Waals surface area contributed by atoms with Crippen LogP contribution in [0.4, 0.5) is 0 Å². The van der Waals surface area contributed by atoms with Gasteiger partial charge in [-0.05, 0) is 13.3 Å². The molecule has 1 saturated heterocycles. The highest BCUT2D eigenvalue weighted by Gasteiger charge is 2.20. The van der Waals surface area contributed by atoms with Crippen LogP contribution in [0.25, 0.3) is 0 Å². The highest BCUT2D eigenvalue weighted by atomic mass is 35.5. The van der Waals surface area contributed by atoms with Crippen molar-refractivity contribution in [2.24, 2.45) is 5.73 Å². The van der Waals surface area contributed by atoms with E-state index >= 15 is 0 Å². The monoisotopic (exact) mass is 208 g/mol. The molecule has 0 aliphatic carbocycles. The van der Waals surface area contributed by atoms with Crippen LogP contribution in [-0.4, -0.2) is 43.2 Å². The van der Waals surface area contributed by atoms with Gasteiger partial charge in [0.2, 0.25) is 5.91 Å². The van der Waals surface area contributed by atoms with Crippen LogP contribution >= 0.6 is 12.4 Å². The van der Waals surface area contributed by atoms with Crippen molar-refractivity contribution in [3.05, 3.63) is 0 Å². The van der Waals surface area contributed by atoms with Crippen LogP contribution in [0.5, 0.6) is 0 Å². The van der Waals surface area contributed by atoms with E-state index in [0.29, 0.717) is 6.54 Å². The molecule has 1 unspecified atom stereocenters. The van der Waals surface area contributed by atoms with Crippen molar-refractivity contribution in [1.29, 1.82) is 0 Å². The normalized spacial score (nSPS) is 23.7. The highest BCUT2D eigenvalue weighted by molar-refractivity contribution is 5.85. The van der Waals surface area contributed by atoms with Crippen LogP contribution in [0.15, 0.2) is 0 Å². The van der Waals surface area contributed by atoms with E-state index in [-0.39, 0.29) is 31.0 Å². The van der Waals surface area contributed by atoms with Crippen molar-refractivity contribution in [2.45, 2.75) is 19.4 Å². The maximum Gasteiger partial charge on any atom is 0.248 e. The van der Waals surface area contributed by atoms with Crippen LogP contribution < -0.4 is 5.73 Å². The largest absolute Gasteiger partial charge is 0.367 e. The molecule has 1 fully saturated rings. The molecule has 0 saturated carbocycles. The van der Waals surface area contributed by atoms with Crippen molar-refractivity contribution < 1.29 is 9.53 Å². The molecular formula is C8H17ClN2O2. The minimum Gasteiger partial charge on any atom is -0.367 e. The average molecular weight is 209 g/mol. The fraction of sp³-hybridized carbons (Fsp3) is 0.875. The first-order chi connectivity index (χ1) is 5.77. The molecule has 1 heterocycles. The molecule has 2 N–H and O–H groups in total. The van der Waals surface area contributed by atoms with Crippen molar-refractivity contribution in [3.8, 4) is 0 Å². The lowest BCUT2D eigenvalue weighted by Crippen LogP contribution is -2.32. The quantitative estimate of drug-likeness (QED) is 0.696. The first-order valence-electron chi connectivity index (χ1n) is 4.37. The van der Waals surface area contributed by atoms with Crippen molar-refractivity contribution in [3.63, 3.8) is 0 Å². The number of halogens is 1. The second kappa shape index (κ2) is 6.18. The summed E-state index contributed by atoms with van der Waals surface area (Å²) >= 11 is 0. The summed E-state index contributed by atoms with van der Waals surface area (Å²) in [4.78, 5) is 13.1. The van der Waals surface area contributed by atoms with Crippen molar-refractivity contribution in [2.75, 3.05) is 26.2 Å². The molecule has 78 valence electrons. The van der Waals surface area contributed by atoms with Gasteiger partial charge in [0.25, 0.3) is 0 Å². The second-order valence-corrected chi connectivity index (χ2v) is 2.93. The van der Waals surface area contributed by atoms with E-state index in [1.807, 2.05) is 6.92 Å². The predicted molar refractivity (Wildman–Crippen MR) is 52.9 cm³/mol. The smallest absolute Gasteiger partial charge is 0.248 e. The molecule has 1 rings (SSSR count). The number of likely N-dealkylation sites (N-methyl/N-ethyl adjacent to an activating group) is 1. The SMILES string of the molecule is CCN1CCC(CN)OCC1=O.Cl. The Bertz CT molecular complexity index is 166. The Morgan fingerprint density at radius 3 is 2.92 bits per heavy atom. The molecule has 0 spiro atoms. The molecule has 0 radical (unpaired) electrons. The number of ether oxygens (including phenoxy) is 1. The van der Waals surface area contributed by atoms with Gasteiger partial charge in [-0.2, -0.15) is 0 Å². The summed E-state index contributed by atoms with van der Waals surface area (Å²) < 4.78 is 5.28. The predicted octanol–water partition coefficient (Wildman–Crippen LogP) is 0.00430. The molecule has 4 nitrogen and oxygen atoms in total. The third-order valence-electron chi connectivity index (χ3n) is 2.16. The fourth-order valence-corrected chi connectivity index (χ4v) is 1.31. The second-order valence-electron chi connectivity index (χ2n) is 2.93. The maximum absolute atomic E-state index is 11.3. The van der Waals surface area contributed by atoms with Crippen LogP contribution in [0.1, 0.15) is 13.3 Å². The van der Waals surface area contributed by atoms with E-state index in [9.17, 15) is 4.79 Å². The van der Waals surface area contributed by atoms with Gasteiger partial charge in [0.05, 0.1) is 6.10 Å². The number of amides is 1. The number of hydrogen-bond acceptors (Lipinski definition) is 3. The van der Waals surface area contributed by atoms with Crippen LogP contribution in [0.3, 0.4) is 0 Å². The summed E-state index contributed by atoms with van der Waals surface area (Å²) in [7, 11) is 0. The van der Waals surface area contributed by atoms with Gasteiger partial charge in [-0.3, -0.25) is 4.79 Å². The number of hydrogen-bond donors (Lipinski definition) is 1. The lowest BCUT2D eigenvalue weighted by molar-refractivity contribution is -0.134. The van der Waals surface area contributed by atoms with Crippen LogP contribution in [0, 0.1) is 0 Å². The summed E-state index contributed by atoms with van der Waals surface area (Å²) in [5.41, 5.74) is 5.45. The third-order valence-corrected chi connectivity index (χ3v) is 2.16. The Morgan fingerprint density at radius 2 is 2.38 bits per heavy atom. The lowest BCUT2D eigenvalue weighted by atomic mass is 10.2. The standard InChI is InChI=1S/C8H16N2O2.ClH/c1-2-10-4-3-7(5-9)12-6-8(10)11;/h7H,2-6,9H2,1H3;1H. The molecule has 0 aromatic carbocycles. The Balaban J connectivity index is 0.00000144. The molecule has 13 heavy (non-hydrogen) atoms. The maximum atomic E-state index is 11.3. The fourth-order valence-electron chi connectivity index (χ4n) is 1.31. The van der Waals surface area contributed by atoms with Gasteiger partial charge >= 0.3 is 0 Å². The van der Waals surface area contributed by atoms with E-state index in [4.69, 9.17) is 10.5 Å². The zero-order valence-electron chi connectivity index (χ0n) is 7.86. The molecule has 1 aliphatic rings. The van der Waals surface area contributed by atoms with E-state index in [0.717, 1.165) is 19.5 Å². The van der Waals surface area contributed by atoms with Gasteiger partial charge in [-0.25, -0.2) is 0 Å². The van der Waals surface area contributed by atoms with E-state index in [2.05, 4.69) is 0 Å². The van der Waals surface area contributed by atoms with E-state index in [1.165, 1.54) is 0 Å². The lowest BCUT2D eigenvalue weighted by Gasteiger charge is -2.16. The minimum atomic E-state index is 0. The Kier molecular flexibility index (Phi) is 6.03. The van der Waals surface area contributed by atoms with E-state index in [1.54, 1.807) is 4.90 Å². The molecule has 0 aromatic heterocycles. The minimum absolute atomic E-state index is 0. The Hall–Kier alpha value is -0.320. The molecule has 1 atom stereocenters. The van der Waals surface area contributed by atoms with Gasteiger partial charge in [0.15, 0.2) is 0 Å². The molecule has 1 aliphatic heterocycles. The molecule has 0 aromatic rings. The Labute approximate surface area is 84.8 Å². The molecular weight excluding hydrogens is 192 g/mol. The van der Waals surface area contributed by atoms with Crippen LogP contribution in [-0.2, 0) is 9.53 Å². The number of carbonyl (C=O) groups is 1. The third kappa shape index (κ3) is 3.50. The summed E-state index contributed by atoms with van der Waals surface area (Å²) in [6.45, 7) is 4.21. The van der Waals surface area contributed by atoms with Crippen LogP contribution in [0.2, 0.25) is 0 Å². The summed E-state index contributed by atoms with van der Waals surface area (Å²) in [6.07, 6.45) is 0.918. The summed E-state index contributed by atoms with van der Waals surface area (Å²) in [5, 5.41) is 0. The average Bonchev–Trinajstić information content (AvgIpc) is 2.27.